The molecule has 4 heterocycles. The molecule has 1 aliphatic heterocycles. The first-order valence-corrected chi connectivity index (χ1v) is 13.2. The maximum Gasteiger partial charge on any atom is 0.321 e. The van der Waals surface area contributed by atoms with Crippen LogP contribution in [0.3, 0.4) is 0 Å². The number of ketones is 1. The van der Waals surface area contributed by atoms with E-state index < -0.39 is 6.04 Å². The van der Waals surface area contributed by atoms with E-state index in [0.29, 0.717) is 45.6 Å². The average Bonchev–Trinajstić information content (AvgIpc) is 3.46. The molecule has 4 aromatic rings. The normalized spacial score (nSPS) is 16.9. The van der Waals surface area contributed by atoms with Crippen LogP contribution in [-0.4, -0.2) is 59.6 Å². The summed E-state index contributed by atoms with van der Waals surface area (Å²) in [6.07, 6.45) is 8.48. The number of aromatic nitrogens is 5. The molecule has 1 saturated heterocycles. The summed E-state index contributed by atoms with van der Waals surface area (Å²) in [6, 6.07) is 4.83. The summed E-state index contributed by atoms with van der Waals surface area (Å²) in [5, 5.41) is 3.41. The number of nitrogens with zero attached hydrogens (tertiary/aromatic N) is 6. The number of carbonyl (C=O) groups is 3. The second-order valence-electron chi connectivity index (χ2n) is 9.67. The molecule has 1 aromatic carbocycles. The largest absolute Gasteiger partial charge is 0.424 e. The van der Waals surface area contributed by atoms with Gasteiger partial charge >= 0.3 is 6.01 Å². The van der Waals surface area contributed by atoms with Gasteiger partial charge in [0.15, 0.2) is 11.6 Å². The maximum absolute atomic E-state index is 13.5. The number of carbonyl (C=O) groups excluding carboxylic acids is 3. The zero-order valence-corrected chi connectivity index (χ0v) is 23.2. The molecule has 0 aliphatic carbocycles. The van der Waals surface area contributed by atoms with E-state index in [1.165, 1.54) is 19.3 Å². The lowest BCUT2D eigenvalue weighted by atomic mass is 10.1. The molecule has 5 rings (SSSR count). The quantitative estimate of drug-likeness (QED) is 0.317. The predicted octanol–water partition coefficient (Wildman–Crippen LogP) is 4.16. The fraction of sp³-hybridized carbons (Fsp3) is 0.296. The number of aryl methyl sites for hydroxylation is 1. The van der Waals surface area contributed by atoms with Crippen molar-refractivity contribution in [1.29, 1.82) is 0 Å². The number of amides is 2. The minimum absolute atomic E-state index is 0.0295. The van der Waals surface area contributed by atoms with E-state index in [1.807, 2.05) is 13.8 Å². The Morgan fingerprint density at radius 2 is 1.92 bits per heavy atom. The molecule has 0 unspecified atom stereocenters. The van der Waals surface area contributed by atoms with Crippen molar-refractivity contribution in [2.75, 3.05) is 11.9 Å². The fourth-order valence-corrected chi connectivity index (χ4v) is 5.02. The molecular formula is C27H26BrN7O4. The Balaban J connectivity index is 1.37. The van der Waals surface area contributed by atoms with Crippen molar-refractivity contribution >= 4 is 50.2 Å². The van der Waals surface area contributed by atoms with Crippen LogP contribution in [0.5, 0.6) is 11.8 Å². The highest BCUT2D eigenvalue weighted by molar-refractivity contribution is 9.10. The van der Waals surface area contributed by atoms with E-state index in [2.05, 4.69) is 41.2 Å². The molecule has 200 valence electrons. The molecule has 2 atom stereocenters. The van der Waals surface area contributed by atoms with Crippen LogP contribution in [0, 0.1) is 12.8 Å². The number of Topliss-reactive ketones (excluding diaryl/α,β-unsaturated/α-hetero) is 1. The van der Waals surface area contributed by atoms with Crippen molar-refractivity contribution in [3.8, 4) is 11.8 Å². The lowest BCUT2D eigenvalue weighted by Gasteiger charge is -2.24. The summed E-state index contributed by atoms with van der Waals surface area (Å²) in [7, 11) is 0. The van der Waals surface area contributed by atoms with E-state index >= 15 is 0 Å². The van der Waals surface area contributed by atoms with Crippen LogP contribution in [0.2, 0.25) is 0 Å². The van der Waals surface area contributed by atoms with Crippen molar-refractivity contribution in [2.24, 2.45) is 5.92 Å². The van der Waals surface area contributed by atoms with Crippen LogP contribution >= 0.6 is 15.9 Å². The monoisotopic (exact) mass is 591 g/mol. The Labute approximate surface area is 232 Å². The standard InChI is InChI=1S/C27H26BrN7O4/c1-15-6-22(26(38)33-24-11-29-10-23(28)32-24)35(12-15)25(37)14-34-13-20(17(3)36)19-7-18(4-5-21(19)34)39-27-30-8-16(2)9-31-27/h4-5,7-11,13,15,22H,6,12,14H2,1-3H3,(H,32,33,38)/t15-,22+/m1/s1. The van der Waals surface area contributed by atoms with Gasteiger partial charge in [-0.05, 0) is 65.9 Å². The number of hydrogen-bond donors (Lipinski definition) is 1. The van der Waals surface area contributed by atoms with Crippen LogP contribution in [0.15, 0.2) is 53.8 Å². The molecule has 0 saturated carbocycles. The first kappa shape index (κ1) is 26.4. The topological polar surface area (TPSA) is 132 Å². The van der Waals surface area contributed by atoms with E-state index in [4.69, 9.17) is 4.74 Å². The lowest BCUT2D eigenvalue weighted by molar-refractivity contribution is -0.137. The van der Waals surface area contributed by atoms with E-state index in [0.717, 1.165) is 5.56 Å². The Bertz CT molecular complexity index is 1570. The summed E-state index contributed by atoms with van der Waals surface area (Å²) in [6.45, 7) is 5.79. The van der Waals surface area contributed by atoms with Crippen LogP contribution in [0.4, 0.5) is 5.82 Å². The molecule has 1 aliphatic rings. The Morgan fingerprint density at radius 1 is 1.15 bits per heavy atom. The number of halogens is 1. The third-order valence-electron chi connectivity index (χ3n) is 6.49. The first-order chi connectivity index (χ1) is 18.7. The molecule has 1 fully saturated rings. The highest BCUT2D eigenvalue weighted by atomic mass is 79.9. The highest BCUT2D eigenvalue weighted by Crippen LogP contribution is 2.30. The molecule has 1 N–H and O–H groups in total. The van der Waals surface area contributed by atoms with Gasteiger partial charge in [-0.25, -0.2) is 15.0 Å². The van der Waals surface area contributed by atoms with Crippen molar-refractivity contribution < 1.29 is 19.1 Å². The third-order valence-corrected chi connectivity index (χ3v) is 6.88. The summed E-state index contributed by atoms with van der Waals surface area (Å²) in [4.78, 5) is 57.2. The van der Waals surface area contributed by atoms with Crippen LogP contribution < -0.4 is 10.1 Å². The van der Waals surface area contributed by atoms with Gasteiger partial charge in [0.2, 0.25) is 11.8 Å². The number of ether oxygens (including phenoxy) is 1. The number of anilines is 1. The second-order valence-corrected chi connectivity index (χ2v) is 10.5. The van der Waals surface area contributed by atoms with Gasteiger partial charge in [0.05, 0.1) is 12.4 Å². The summed E-state index contributed by atoms with van der Waals surface area (Å²) < 4.78 is 8.01. The number of benzene rings is 1. The number of rotatable bonds is 7. The number of likely N-dealkylation sites (tertiary alicyclic amines) is 1. The Morgan fingerprint density at radius 3 is 2.64 bits per heavy atom. The summed E-state index contributed by atoms with van der Waals surface area (Å²) in [5.74, 6) is 0.243. The third kappa shape index (κ3) is 5.80. The molecule has 0 spiro atoms. The molecule has 39 heavy (non-hydrogen) atoms. The zero-order chi connectivity index (χ0) is 27.7. The smallest absolute Gasteiger partial charge is 0.321 e. The van der Waals surface area contributed by atoms with Gasteiger partial charge in [0, 0.05) is 41.6 Å². The van der Waals surface area contributed by atoms with Gasteiger partial charge in [0.1, 0.15) is 22.9 Å². The Hall–Kier alpha value is -4.19. The maximum atomic E-state index is 13.5. The fourth-order valence-electron chi connectivity index (χ4n) is 4.71. The van der Waals surface area contributed by atoms with Crippen LogP contribution in [0.25, 0.3) is 10.9 Å². The number of nitrogens with one attached hydrogen (secondary N) is 1. The van der Waals surface area contributed by atoms with E-state index in [9.17, 15) is 14.4 Å². The highest BCUT2D eigenvalue weighted by Gasteiger charge is 2.38. The number of hydrogen-bond acceptors (Lipinski definition) is 8. The van der Waals surface area contributed by atoms with Crippen molar-refractivity contribution in [3.05, 3.63) is 64.9 Å². The lowest BCUT2D eigenvalue weighted by Crippen LogP contribution is -2.44. The van der Waals surface area contributed by atoms with Gasteiger partial charge < -0.3 is 19.5 Å². The van der Waals surface area contributed by atoms with Crippen molar-refractivity contribution in [1.82, 2.24) is 29.4 Å². The second kappa shape index (κ2) is 10.9. The molecule has 2 amide bonds. The van der Waals surface area contributed by atoms with Gasteiger partial charge in [-0.2, -0.15) is 0 Å². The predicted molar refractivity (Wildman–Crippen MR) is 146 cm³/mol. The molecule has 0 bridgehead atoms. The zero-order valence-electron chi connectivity index (χ0n) is 21.6. The van der Waals surface area contributed by atoms with Gasteiger partial charge in [-0.3, -0.25) is 19.4 Å². The minimum Gasteiger partial charge on any atom is -0.424 e. The van der Waals surface area contributed by atoms with Crippen molar-refractivity contribution in [3.63, 3.8) is 0 Å². The Kier molecular flexibility index (Phi) is 7.38. The summed E-state index contributed by atoms with van der Waals surface area (Å²) in [5.41, 5.74) is 2.07. The van der Waals surface area contributed by atoms with Crippen molar-refractivity contribution in [2.45, 2.75) is 39.8 Å². The van der Waals surface area contributed by atoms with Gasteiger partial charge in [-0.15, -0.1) is 0 Å². The van der Waals surface area contributed by atoms with Gasteiger partial charge in [-0.1, -0.05) is 6.92 Å². The summed E-state index contributed by atoms with van der Waals surface area (Å²) >= 11 is 3.24. The van der Waals surface area contributed by atoms with E-state index in [-0.39, 0.29) is 36.1 Å². The minimum atomic E-state index is -0.642. The number of fused-ring (bicyclic) bond motifs is 1. The first-order valence-electron chi connectivity index (χ1n) is 12.4. The van der Waals surface area contributed by atoms with Gasteiger partial charge in [0.25, 0.3) is 0 Å². The van der Waals surface area contributed by atoms with E-state index in [1.54, 1.807) is 46.3 Å². The molecule has 11 nitrogen and oxygen atoms in total. The molecular weight excluding hydrogens is 566 g/mol. The molecule has 12 heteroatoms. The van der Waals surface area contributed by atoms with Crippen LogP contribution in [0.1, 0.15) is 36.2 Å². The molecule has 3 aromatic heterocycles. The SMILES string of the molecule is CC(=O)c1cn(CC(=O)N2C[C@H](C)C[C@H]2C(=O)Nc2cncc(Br)n2)c2ccc(Oc3ncc(C)cn3)cc12. The average molecular weight is 592 g/mol. The molecule has 0 radical (unpaired) electrons. The van der Waals surface area contributed by atoms with Crippen LogP contribution in [-0.2, 0) is 16.1 Å².